The summed E-state index contributed by atoms with van der Waals surface area (Å²) in [6.07, 6.45) is 0. The normalized spacial score (nSPS) is 11.7. The Kier molecular flexibility index (Phi) is 4.06. The number of amides is 1. The molecule has 88 valence electrons. The molecule has 0 aliphatic heterocycles. The van der Waals surface area contributed by atoms with E-state index in [1.807, 2.05) is 0 Å². The quantitative estimate of drug-likeness (QED) is 0.882. The maximum atomic E-state index is 11.9. The van der Waals surface area contributed by atoms with Gasteiger partial charge < -0.3 is 5.73 Å². The van der Waals surface area contributed by atoms with Gasteiger partial charge in [0, 0.05) is 11.5 Å². The van der Waals surface area contributed by atoms with Gasteiger partial charge in [-0.2, -0.15) is 4.31 Å². The molecule has 0 bridgehead atoms. The van der Waals surface area contributed by atoms with Crippen LogP contribution >= 0.6 is 15.9 Å². The third-order valence-electron chi connectivity index (χ3n) is 1.90. The monoisotopic (exact) mass is 306 g/mol. The molecule has 0 saturated heterocycles. The summed E-state index contributed by atoms with van der Waals surface area (Å²) in [7, 11) is -2.33. The molecule has 1 amide bonds. The minimum atomic E-state index is -3.64. The lowest BCUT2D eigenvalue weighted by atomic mass is 10.4. The van der Waals surface area contributed by atoms with Gasteiger partial charge in [-0.1, -0.05) is 15.9 Å². The van der Waals surface area contributed by atoms with Crippen LogP contribution in [-0.2, 0) is 14.8 Å². The van der Waals surface area contributed by atoms with Gasteiger partial charge in [0.05, 0.1) is 11.4 Å². The topological polar surface area (TPSA) is 80.5 Å². The van der Waals surface area contributed by atoms with Crippen molar-refractivity contribution in [2.24, 2.45) is 5.73 Å². The van der Waals surface area contributed by atoms with Gasteiger partial charge in [-0.05, 0) is 24.3 Å². The second-order valence-electron chi connectivity index (χ2n) is 3.18. The standard InChI is InChI=1S/C9H11BrN2O3S/c1-12(6-9(11)13)16(14,15)8-4-2-7(10)3-5-8/h2-5H,6H2,1H3,(H2,11,13). The third-order valence-corrected chi connectivity index (χ3v) is 4.25. The smallest absolute Gasteiger partial charge is 0.243 e. The number of hydrogen-bond donors (Lipinski definition) is 1. The Bertz CT molecular complexity index is 484. The molecule has 2 N–H and O–H groups in total. The maximum absolute atomic E-state index is 11.9. The third kappa shape index (κ3) is 3.03. The van der Waals surface area contributed by atoms with Gasteiger partial charge in [0.25, 0.3) is 0 Å². The Morgan fingerprint density at radius 2 is 1.88 bits per heavy atom. The van der Waals surface area contributed by atoms with Crippen LogP contribution < -0.4 is 5.73 Å². The van der Waals surface area contributed by atoms with Crippen LogP contribution in [0.1, 0.15) is 0 Å². The summed E-state index contributed by atoms with van der Waals surface area (Å²) in [5.74, 6) is -0.691. The first-order chi connectivity index (χ1) is 7.34. The molecule has 0 unspecified atom stereocenters. The lowest BCUT2D eigenvalue weighted by Gasteiger charge is -2.15. The molecule has 1 aromatic carbocycles. The van der Waals surface area contributed by atoms with Crippen molar-refractivity contribution in [3.8, 4) is 0 Å². The van der Waals surface area contributed by atoms with Gasteiger partial charge in [-0.25, -0.2) is 8.42 Å². The van der Waals surface area contributed by atoms with Crippen molar-refractivity contribution >= 4 is 31.9 Å². The van der Waals surface area contributed by atoms with E-state index in [1.54, 1.807) is 12.1 Å². The van der Waals surface area contributed by atoms with E-state index in [2.05, 4.69) is 15.9 Å². The highest BCUT2D eigenvalue weighted by Crippen LogP contribution is 2.17. The van der Waals surface area contributed by atoms with Gasteiger partial charge >= 0.3 is 0 Å². The molecule has 0 aromatic heterocycles. The van der Waals surface area contributed by atoms with Crippen LogP contribution in [0.25, 0.3) is 0 Å². The number of likely N-dealkylation sites (N-methyl/N-ethyl adjacent to an activating group) is 1. The highest BCUT2D eigenvalue weighted by Gasteiger charge is 2.21. The summed E-state index contributed by atoms with van der Waals surface area (Å²) in [5.41, 5.74) is 4.94. The second-order valence-corrected chi connectivity index (χ2v) is 6.14. The number of carbonyl (C=O) groups is 1. The molecule has 0 heterocycles. The molecule has 0 radical (unpaired) electrons. The number of primary amides is 1. The number of sulfonamides is 1. The molecule has 7 heteroatoms. The highest BCUT2D eigenvalue weighted by atomic mass is 79.9. The Morgan fingerprint density at radius 3 is 2.31 bits per heavy atom. The summed E-state index contributed by atoms with van der Waals surface area (Å²) < 4.78 is 25.5. The first-order valence-corrected chi connectivity index (χ1v) is 6.57. The minimum absolute atomic E-state index is 0.124. The maximum Gasteiger partial charge on any atom is 0.243 e. The van der Waals surface area contributed by atoms with E-state index in [9.17, 15) is 13.2 Å². The van der Waals surface area contributed by atoms with Gasteiger partial charge in [0.15, 0.2) is 0 Å². The van der Waals surface area contributed by atoms with E-state index in [-0.39, 0.29) is 11.4 Å². The molecule has 5 nitrogen and oxygen atoms in total. The van der Waals surface area contributed by atoms with Crippen LogP contribution in [0.3, 0.4) is 0 Å². The van der Waals surface area contributed by atoms with Crippen LogP contribution in [-0.4, -0.2) is 32.2 Å². The molecule has 0 aliphatic rings. The van der Waals surface area contributed by atoms with Crippen molar-refractivity contribution in [1.82, 2.24) is 4.31 Å². The summed E-state index contributed by atoms with van der Waals surface area (Å²) in [6.45, 7) is -0.335. The van der Waals surface area contributed by atoms with E-state index in [0.29, 0.717) is 0 Å². The first-order valence-electron chi connectivity index (χ1n) is 4.34. The summed E-state index contributed by atoms with van der Waals surface area (Å²) in [5, 5.41) is 0. The van der Waals surface area contributed by atoms with Crippen LogP contribution in [0.5, 0.6) is 0 Å². The predicted molar refractivity (Wildman–Crippen MR) is 63.2 cm³/mol. The average Bonchev–Trinajstić information content (AvgIpc) is 2.17. The lowest BCUT2D eigenvalue weighted by molar-refractivity contribution is -0.118. The Balaban J connectivity index is 3.02. The van der Waals surface area contributed by atoms with Crippen LogP contribution in [0.2, 0.25) is 0 Å². The molecule has 1 rings (SSSR count). The van der Waals surface area contributed by atoms with Crippen LogP contribution in [0, 0.1) is 0 Å². The molecule has 16 heavy (non-hydrogen) atoms. The Morgan fingerprint density at radius 1 is 1.38 bits per heavy atom. The van der Waals surface area contributed by atoms with E-state index in [0.717, 1.165) is 8.78 Å². The summed E-state index contributed by atoms with van der Waals surface area (Å²) in [4.78, 5) is 10.8. The zero-order valence-electron chi connectivity index (χ0n) is 8.55. The zero-order valence-corrected chi connectivity index (χ0v) is 11.0. The van der Waals surface area contributed by atoms with Crippen molar-refractivity contribution in [2.75, 3.05) is 13.6 Å². The fraction of sp³-hybridized carbons (Fsp3) is 0.222. The number of carbonyl (C=O) groups excluding carboxylic acids is 1. The number of halogens is 1. The minimum Gasteiger partial charge on any atom is -0.369 e. The van der Waals surface area contributed by atoms with Crippen molar-refractivity contribution in [2.45, 2.75) is 4.90 Å². The fourth-order valence-electron chi connectivity index (χ4n) is 1.09. The van der Waals surface area contributed by atoms with Crippen molar-refractivity contribution in [3.63, 3.8) is 0 Å². The number of nitrogens with two attached hydrogens (primary N) is 1. The number of benzene rings is 1. The van der Waals surface area contributed by atoms with E-state index < -0.39 is 15.9 Å². The molecule has 0 spiro atoms. The average molecular weight is 307 g/mol. The van der Waals surface area contributed by atoms with Gasteiger partial charge in [0.1, 0.15) is 0 Å². The first kappa shape index (κ1) is 13.1. The van der Waals surface area contributed by atoms with Gasteiger partial charge in [-0.3, -0.25) is 4.79 Å². The van der Waals surface area contributed by atoms with Crippen LogP contribution in [0.4, 0.5) is 0 Å². The molecule has 1 aromatic rings. The summed E-state index contributed by atoms with van der Waals surface area (Å²) in [6, 6.07) is 6.14. The molecule has 0 saturated carbocycles. The Labute approximate surface area is 102 Å². The largest absolute Gasteiger partial charge is 0.369 e. The molecule has 0 aliphatic carbocycles. The lowest BCUT2D eigenvalue weighted by Crippen LogP contribution is -2.35. The van der Waals surface area contributed by atoms with E-state index >= 15 is 0 Å². The molecule has 0 atom stereocenters. The van der Waals surface area contributed by atoms with Crippen molar-refractivity contribution in [3.05, 3.63) is 28.7 Å². The SMILES string of the molecule is CN(CC(N)=O)S(=O)(=O)c1ccc(Br)cc1. The van der Waals surface area contributed by atoms with Gasteiger partial charge in [0.2, 0.25) is 15.9 Å². The zero-order chi connectivity index (χ0) is 12.3. The van der Waals surface area contributed by atoms with Crippen molar-refractivity contribution < 1.29 is 13.2 Å². The Hall–Kier alpha value is -0.920. The summed E-state index contributed by atoms with van der Waals surface area (Å²) >= 11 is 3.21. The number of hydrogen-bond acceptors (Lipinski definition) is 3. The van der Waals surface area contributed by atoms with Gasteiger partial charge in [-0.15, -0.1) is 0 Å². The predicted octanol–water partition coefficient (Wildman–Crippen LogP) is 0.555. The van der Waals surface area contributed by atoms with Crippen molar-refractivity contribution in [1.29, 1.82) is 0 Å². The number of nitrogens with zero attached hydrogens (tertiary/aromatic N) is 1. The number of rotatable bonds is 4. The van der Waals surface area contributed by atoms with Crippen LogP contribution in [0.15, 0.2) is 33.6 Å². The van der Waals surface area contributed by atoms with E-state index in [4.69, 9.17) is 5.73 Å². The molecular formula is C9H11BrN2O3S. The fourth-order valence-corrected chi connectivity index (χ4v) is 2.49. The molecular weight excluding hydrogens is 296 g/mol. The molecule has 0 fully saturated rings. The second kappa shape index (κ2) is 4.94. The van der Waals surface area contributed by atoms with E-state index in [1.165, 1.54) is 19.2 Å². The highest BCUT2D eigenvalue weighted by molar-refractivity contribution is 9.10.